The zero-order valence-electron chi connectivity index (χ0n) is 11.4. The molecule has 0 aliphatic rings. The van der Waals surface area contributed by atoms with Crippen molar-refractivity contribution in [3.63, 3.8) is 0 Å². The molecule has 0 radical (unpaired) electrons. The molecule has 2 rings (SSSR count). The maximum absolute atomic E-state index is 13.1. The number of hydrogen-bond acceptors (Lipinski definition) is 3. The molecule has 5 nitrogen and oxygen atoms in total. The fourth-order valence-electron chi connectivity index (χ4n) is 2.24. The summed E-state index contributed by atoms with van der Waals surface area (Å²) >= 11 is 0. The standard InChI is InChI=1S/C13H14F3N3O2/c1-7(17)6-19-11(20)10-8(13(14,15)16)4-3-5-9(10)18(2)12(19)21/h3-5,7H,6,17H2,1-2H3. The smallest absolute Gasteiger partial charge is 0.326 e. The van der Waals surface area contributed by atoms with Crippen molar-refractivity contribution in [2.45, 2.75) is 25.7 Å². The van der Waals surface area contributed by atoms with Crippen molar-refractivity contribution in [2.24, 2.45) is 12.8 Å². The summed E-state index contributed by atoms with van der Waals surface area (Å²) in [6.45, 7) is 1.42. The second-order valence-corrected chi connectivity index (χ2v) is 4.93. The Hall–Kier alpha value is -2.09. The van der Waals surface area contributed by atoms with E-state index in [1.165, 1.54) is 19.2 Å². The minimum absolute atomic E-state index is 0.0549. The summed E-state index contributed by atoms with van der Waals surface area (Å²) in [4.78, 5) is 24.4. The zero-order valence-corrected chi connectivity index (χ0v) is 11.4. The van der Waals surface area contributed by atoms with Gasteiger partial charge in [-0.25, -0.2) is 4.79 Å². The Morgan fingerprint density at radius 3 is 2.43 bits per heavy atom. The van der Waals surface area contributed by atoms with Gasteiger partial charge in [0.1, 0.15) is 0 Å². The molecule has 1 aromatic heterocycles. The molecule has 0 amide bonds. The summed E-state index contributed by atoms with van der Waals surface area (Å²) in [5, 5.41) is -0.521. The molecular formula is C13H14F3N3O2. The zero-order chi connectivity index (χ0) is 15.9. The number of halogens is 3. The Labute approximate surface area is 117 Å². The molecule has 0 saturated carbocycles. The predicted octanol–water partition coefficient (Wildman–Crippen LogP) is 1.07. The Kier molecular flexibility index (Phi) is 3.66. The number of alkyl halides is 3. The molecule has 8 heteroatoms. The van der Waals surface area contributed by atoms with E-state index in [9.17, 15) is 22.8 Å². The molecule has 0 fully saturated rings. The lowest BCUT2D eigenvalue weighted by atomic mass is 10.1. The molecule has 2 N–H and O–H groups in total. The van der Waals surface area contributed by atoms with Gasteiger partial charge in [0, 0.05) is 19.6 Å². The molecule has 1 aromatic carbocycles. The monoisotopic (exact) mass is 301 g/mol. The van der Waals surface area contributed by atoms with E-state index in [0.717, 1.165) is 15.2 Å². The summed E-state index contributed by atoms with van der Waals surface area (Å²) in [7, 11) is 1.32. The number of benzene rings is 1. The fraction of sp³-hybridized carbons (Fsp3) is 0.385. The summed E-state index contributed by atoms with van der Waals surface area (Å²) in [6, 6.07) is 2.76. The van der Waals surface area contributed by atoms with Gasteiger partial charge in [0.05, 0.1) is 16.5 Å². The third-order valence-electron chi connectivity index (χ3n) is 3.16. The van der Waals surface area contributed by atoms with Gasteiger partial charge in [-0.15, -0.1) is 0 Å². The third kappa shape index (κ3) is 2.58. The van der Waals surface area contributed by atoms with Crippen molar-refractivity contribution < 1.29 is 13.2 Å². The number of nitrogens with two attached hydrogens (primary N) is 1. The summed E-state index contributed by atoms with van der Waals surface area (Å²) in [5.41, 5.74) is 2.77. The fourth-order valence-corrected chi connectivity index (χ4v) is 2.24. The second kappa shape index (κ2) is 5.03. The van der Waals surface area contributed by atoms with Gasteiger partial charge in [0.2, 0.25) is 0 Å². The molecule has 0 aliphatic carbocycles. The van der Waals surface area contributed by atoms with Crippen LogP contribution in [0.15, 0.2) is 27.8 Å². The van der Waals surface area contributed by atoms with E-state index in [1.54, 1.807) is 6.92 Å². The van der Waals surface area contributed by atoms with E-state index in [4.69, 9.17) is 5.73 Å². The van der Waals surface area contributed by atoms with Crippen LogP contribution in [-0.2, 0) is 19.8 Å². The van der Waals surface area contributed by atoms with E-state index in [-0.39, 0.29) is 12.1 Å². The van der Waals surface area contributed by atoms with Crippen LogP contribution in [0.2, 0.25) is 0 Å². The number of rotatable bonds is 2. The first kappa shape index (κ1) is 15.3. The molecule has 1 atom stereocenters. The van der Waals surface area contributed by atoms with Gasteiger partial charge in [-0.2, -0.15) is 13.2 Å². The lowest BCUT2D eigenvalue weighted by molar-refractivity contribution is -0.136. The van der Waals surface area contributed by atoms with Gasteiger partial charge in [-0.1, -0.05) is 6.07 Å². The number of hydrogen-bond donors (Lipinski definition) is 1. The molecule has 0 saturated heterocycles. The van der Waals surface area contributed by atoms with Crippen LogP contribution in [0.4, 0.5) is 13.2 Å². The number of aryl methyl sites for hydroxylation is 1. The molecule has 0 spiro atoms. The topological polar surface area (TPSA) is 70.0 Å². The van der Waals surface area contributed by atoms with Crippen LogP contribution >= 0.6 is 0 Å². The van der Waals surface area contributed by atoms with Gasteiger partial charge >= 0.3 is 11.9 Å². The Bertz CT molecular complexity index is 803. The van der Waals surface area contributed by atoms with Crippen LogP contribution in [0.25, 0.3) is 10.9 Å². The van der Waals surface area contributed by atoms with Crippen molar-refractivity contribution in [3.8, 4) is 0 Å². The van der Waals surface area contributed by atoms with Gasteiger partial charge in [0.25, 0.3) is 5.56 Å². The molecule has 1 unspecified atom stereocenters. The van der Waals surface area contributed by atoms with Crippen LogP contribution in [0, 0.1) is 0 Å². The minimum atomic E-state index is -4.68. The van der Waals surface area contributed by atoms with Crippen LogP contribution in [-0.4, -0.2) is 15.2 Å². The van der Waals surface area contributed by atoms with E-state index in [2.05, 4.69) is 0 Å². The molecule has 0 aliphatic heterocycles. The molecule has 1 heterocycles. The summed E-state index contributed by atoms with van der Waals surface area (Å²) in [5.74, 6) is 0. The number of nitrogens with zero attached hydrogens (tertiary/aromatic N) is 2. The van der Waals surface area contributed by atoms with Crippen LogP contribution in [0.1, 0.15) is 12.5 Å². The highest BCUT2D eigenvalue weighted by molar-refractivity contribution is 5.82. The van der Waals surface area contributed by atoms with Gasteiger partial charge < -0.3 is 5.73 Å². The Morgan fingerprint density at radius 1 is 1.29 bits per heavy atom. The van der Waals surface area contributed by atoms with Crippen LogP contribution in [0.5, 0.6) is 0 Å². The maximum atomic E-state index is 13.1. The molecular weight excluding hydrogens is 287 g/mol. The van der Waals surface area contributed by atoms with E-state index >= 15 is 0 Å². The highest BCUT2D eigenvalue weighted by Gasteiger charge is 2.34. The van der Waals surface area contributed by atoms with Crippen LogP contribution in [0.3, 0.4) is 0 Å². The maximum Gasteiger partial charge on any atom is 0.417 e. The first-order valence-electron chi connectivity index (χ1n) is 6.20. The van der Waals surface area contributed by atoms with E-state index in [0.29, 0.717) is 0 Å². The van der Waals surface area contributed by atoms with Crippen molar-refractivity contribution >= 4 is 10.9 Å². The molecule has 114 valence electrons. The first-order valence-corrected chi connectivity index (χ1v) is 6.20. The normalized spacial score (nSPS) is 13.6. The lowest BCUT2D eigenvalue weighted by Crippen LogP contribution is -2.43. The van der Waals surface area contributed by atoms with Crippen molar-refractivity contribution in [1.82, 2.24) is 9.13 Å². The van der Waals surface area contributed by atoms with Crippen molar-refractivity contribution in [2.75, 3.05) is 0 Å². The van der Waals surface area contributed by atoms with Gasteiger partial charge in [0.15, 0.2) is 0 Å². The predicted molar refractivity (Wildman–Crippen MR) is 72.1 cm³/mol. The number of fused-ring (bicyclic) bond motifs is 1. The van der Waals surface area contributed by atoms with Gasteiger partial charge in [-0.3, -0.25) is 13.9 Å². The number of aromatic nitrogens is 2. The van der Waals surface area contributed by atoms with Gasteiger partial charge in [-0.05, 0) is 19.1 Å². The van der Waals surface area contributed by atoms with E-state index in [1.807, 2.05) is 0 Å². The average Bonchev–Trinajstić information content (AvgIpc) is 2.39. The van der Waals surface area contributed by atoms with Crippen molar-refractivity contribution in [3.05, 3.63) is 44.6 Å². The Morgan fingerprint density at radius 2 is 1.90 bits per heavy atom. The third-order valence-corrected chi connectivity index (χ3v) is 3.16. The highest BCUT2D eigenvalue weighted by Crippen LogP contribution is 2.32. The molecule has 21 heavy (non-hydrogen) atoms. The largest absolute Gasteiger partial charge is 0.417 e. The Balaban J connectivity index is 2.99. The molecule has 0 bridgehead atoms. The van der Waals surface area contributed by atoms with Crippen LogP contribution < -0.4 is 17.0 Å². The quantitative estimate of drug-likeness (QED) is 0.902. The van der Waals surface area contributed by atoms with E-state index < -0.39 is 34.4 Å². The first-order chi connectivity index (χ1) is 9.64. The summed E-state index contributed by atoms with van der Waals surface area (Å²) in [6.07, 6.45) is -4.68. The highest BCUT2D eigenvalue weighted by atomic mass is 19.4. The average molecular weight is 301 g/mol. The molecule has 2 aromatic rings. The lowest BCUT2D eigenvalue weighted by Gasteiger charge is -2.15. The SMILES string of the molecule is CC(N)Cn1c(=O)c2c(C(F)(F)F)cccc2n(C)c1=O. The van der Waals surface area contributed by atoms with Crippen molar-refractivity contribution in [1.29, 1.82) is 0 Å². The minimum Gasteiger partial charge on any atom is -0.326 e. The second-order valence-electron chi connectivity index (χ2n) is 4.93. The summed E-state index contributed by atoms with van der Waals surface area (Å²) < 4.78 is 41.0.